The summed E-state index contributed by atoms with van der Waals surface area (Å²) in [5, 5.41) is 7.65. The van der Waals surface area contributed by atoms with Gasteiger partial charge in [-0.3, -0.25) is 24.4 Å². The summed E-state index contributed by atoms with van der Waals surface area (Å²) in [6, 6.07) is 19.9. The SMILES string of the molecule is CC(NC(=O)C(=O)NCc1ccccn1)C(c1cccs1)N1CCN(Cc2ccccc2)CC1. The maximum absolute atomic E-state index is 12.6. The predicted molar refractivity (Wildman–Crippen MR) is 134 cm³/mol. The molecule has 2 aromatic heterocycles. The maximum atomic E-state index is 12.6. The number of nitrogens with zero attached hydrogens (tertiary/aromatic N) is 3. The van der Waals surface area contributed by atoms with Crippen LogP contribution >= 0.6 is 11.3 Å². The van der Waals surface area contributed by atoms with E-state index in [9.17, 15) is 9.59 Å². The van der Waals surface area contributed by atoms with E-state index < -0.39 is 11.8 Å². The average molecular weight is 478 g/mol. The van der Waals surface area contributed by atoms with Crippen LogP contribution in [0.15, 0.2) is 72.2 Å². The molecule has 0 spiro atoms. The Bertz CT molecular complexity index is 1040. The number of carbonyl (C=O) groups excluding carboxylic acids is 2. The van der Waals surface area contributed by atoms with Crippen molar-refractivity contribution in [3.63, 3.8) is 0 Å². The fourth-order valence-electron chi connectivity index (χ4n) is 4.35. The van der Waals surface area contributed by atoms with E-state index in [1.54, 1.807) is 17.5 Å². The minimum absolute atomic E-state index is 0.0198. The largest absolute Gasteiger partial charge is 0.343 e. The fraction of sp³-hybridized carbons (Fsp3) is 0.346. The first-order chi connectivity index (χ1) is 16.6. The molecule has 2 atom stereocenters. The van der Waals surface area contributed by atoms with Crippen LogP contribution < -0.4 is 10.6 Å². The molecular formula is C26H31N5O2S. The molecule has 0 aliphatic carbocycles. The van der Waals surface area contributed by atoms with E-state index in [2.05, 4.69) is 61.1 Å². The Morgan fingerprint density at radius 1 is 0.971 bits per heavy atom. The second-order valence-electron chi connectivity index (χ2n) is 8.52. The van der Waals surface area contributed by atoms with E-state index in [-0.39, 0.29) is 18.6 Å². The molecule has 178 valence electrons. The van der Waals surface area contributed by atoms with E-state index in [1.807, 2.05) is 37.3 Å². The molecule has 0 radical (unpaired) electrons. The van der Waals surface area contributed by atoms with Gasteiger partial charge in [0.15, 0.2) is 0 Å². The van der Waals surface area contributed by atoms with Gasteiger partial charge in [0.2, 0.25) is 0 Å². The number of rotatable bonds is 8. The summed E-state index contributed by atoms with van der Waals surface area (Å²) in [6.45, 7) is 6.87. The first kappa shape index (κ1) is 24.1. The third-order valence-electron chi connectivity index (χ3n) is 6.08. The number of piperazine rings is 1. The first-order valence-electron chi connectivity index (χ1n) is 11.6. The zero-order valence-electron chi connectivity index (χ0n) is 19.4. The molecule has 0 saturated carbocycles. The van der Waals surface area contributed by atoms with Crippen molar-refractivity contribution in [3.8, 4) is 0 Å². The Kier molecular flexibility index (Phi) is 8.41. The monoisotopic (exact) mass is 477 g/mol. The van der Waals surface area contributed by atoms with Gasteiger partial charge in [0.25, 0.3) is 0 Å². The minimum Gasteiger partial charge on any atom is -0.343 e. The molecule has 2 unspecified atom stereocenters. The molecule has 1 aliphatic rings. The highest BCUT2D eigenvalue weighted by Gasteiger charge is 2.31. The van der Waals surface area contributed by atoms with Crippen molar-refractivity contribution in [3.05, 3.63) is 88.4 Å². The van der Waals surface area contributed by atoms with Crippen molar-refractivity contribution in [2.75, 3.05) is 26.2 Å². The average Bonchev–Trinajstić information content (AvgIpc) is 3.39. The van der Waals surface area contributed by atoms with E-state index in [0.717, 1.165) is 32.7 Å². The van der Waals surface area contributed by atoms with Gasteiger partial charge in [0, 0.05) is 49.8 Å². The topological polar surface area (TPSA) is 77.6 Å². The van der Waals surface area contributed by atoms with Gasteiger partial charge in [-0.2, -0.15) is 0 Å². The van der Waals surface area contributed by atoms with Crippen LogP contribution in [0.5, 0.6) is 0 Å². The maximum Gasteiger partial charge on any atom is 0.309 e. The number of pyridine rings is 1. The molecule has 4 rings (SSSR count). The lowest BCUT2D eigenvalue weighted by molar-refractivity contribution is -0.140. The molecule has 1 saturated heterocycles. The smallest absolute Gasteiger partial charge is 0.309 e. The quantitative estimate of drug-likeness (QED) is 0.488. The van der Waals surface area contributed by atoms with Crippen LogP contribution in [0, 0.1) is 0 Å². The number of hydrogen-bond acceptors (Lipinski definition) is 6. The summed E-state index contributed by atoms with van der Waals surface area (Å²) >= 11 is 1.68. The zero-order valence-corrected chi connectivity index (χ0v) is 20.2. The number of nitrogens with one attached hydrogen (secondary N) is 2. The molecule has 34 heavy (non-hydrogen) atoms. The molecule has 2 amide bonds. The Morgan fingerprint density at radius 2 is 1.74 bits per heavy atom. The normalized spacial score (nSPS) is 16.5. The molecule has 3 heterocycles. The molecule has 2 N–H and O–H groups in total. The third kappa shape index (κ3) is 6.50. The Hall–Kier alpha value is -3.07. The highest BCUT2D eigenvalue weighted by molar-refractivity contribution is 7.10. The molecule has 3 aromatic rings. The predicted octanol–water partition coefficient (Wildman–Crippen LogP) is 2.82. The van der Waals surface area contributed by atoms with Gasteiger partial charge in [0.1, 0.15) is 0 Å². The highest BCUT2D eigenvalue weighted by Crippen LogP contribution is 2.29. The molecule has 0 bridgehead atoms. The van der Waals surface area contributed by atoms with E-state index in [1.165, 1.54) is 10.4 Å². The van der Waals surface area contributed by atoms with Crippen LogP contribution in [0.3, 0.4) is 0 Å². The lowest BCUT2D eigenvalue weighted by Crippen LogP contribution is -2.53. The molecular weight excluding hydrogens is 446 g/mol. The van der Waals surface area contributed by atoms with Gasteiger partial charge in [-0.1, -0.05) is 42.5 Å². The Balaban J connectivity index is 1.34. The fourth-order valence-corrected chi connectivity index (χ4v) is 5.31. The van der Waals surface area contributed by atoms with Crippen molar-refractivity contribution >= 4 is 23.2 Å². The van der Waals surface area contributed by atoms with Crippen molar-refractivity contribution in [2.45, 2.75) is 32.1 Å². The number of carbonyl (C=O) groups is 2. The first-order valence-corrected chi connectivity index (χ1v) is 12.5. The third-order valence-corrected chi connectivity index (χ3v) is 7.02. The van der Waals surface area contributed by atoms with Gasteiger partial charge in [-0.15, -0.1) is 11.3 Å². The summed E-state index contributed by atoms with van der Waals surface area (Å²) in [5.41, 5.74) is 2.03. The van der Waals surface area contributed by atoms with Crippen LogP contribution in [0.25, 0.3) is 0 Å². The van der Waals surface area contributed by atoms with E-state index in [0.29, 0.717) is 5.69 Å². The van der Waals surface area contributed by atoms with Crippen molar-refractivity contribution in [1.29, 1.82) is 0 Å². The van der Waals surface area contributed by atoms with Gasteiger partial charge >= 0.3 is 11.8 Å². The zero-order chi connectivity index (χ0) is 23.8. The second-order valence-corrected chi connectivity index (χ2v) is 9.50. The lowest BCUT2D eigenvalue weighted by atomic mass is 10.0. The minimum atomic E-state index is -0.643. The lowest BCUT2D eigenvalue weighted by Gasteiger charge is -2.41. The van der Waals surface area contributed by atoms with Gasteiger partial charge in [-0.25, -0.2) is 0 Å². The molecule has 8 heteroatoms. The summed E-state index contributed by atoms with van der Waals surface area (Å²) in [4.78, 5) is 35.3. The molecule has 1 fully saturated rings. The summed E-state index contributed by atoms with van der Waals surface area (Å²) in [5.74, 6) is -1.26. The van der Waals surface area contributed by atoms with Crippen molar-refractivity contribution < 1.29 is 9.59 Å². The van der Waals surface area contributed by atoms with Gasteiger partial charge in [0.05, 0.1) is 18.3 Å². The van der Waals surface area contributed by atoms with Crippen LogP contribution in [0.1, 0.15) is 29.1 Å². The Labute approximate surface area is 204 Å². The summed E-state index contributed by atoms with van der Waals surface area (Å²) in [7, 11) is 0. The van der Waals surface area contributed by atoms with E-state index in [4.69, 9.17) is 0 Å². The number of thiophene rings is 1. The Morgan fingerprint density at radius 3 is 2.41 bits per heavy atom. The summed E-state index contributed by atoms with van der Waals surface area (Å²) < 4.78 is 0. The van der Waals surface area contributed by atoms with Gasteiger partial charge < -0.3 is 10.6 Å². The second kappa shape index (κ2) is 11.9. The highest BCUT2D eigenvalue weighted by atomic mass is 32.1. The standard InChI is InChI=1S/C26H31N5O2S/c1-20(29-26(33)25(32)28-18-22-10-5-6-12-27-22)24(23-11-7-17-34-23)31-15-13-30(14-16-31)19-21-8-3-2-4-9-21/h2-12,17,20,24H,13-16,18-19H2,1H3,(H,28,32)(H,29,33). The molecule has 1 aromatic carbocycles. The van der Waals surface area contributed by atoms with Crippen LogP contribution in [-0.2, 0) is 22.7 Å². The number of aromatic nitrogens is 1. The van der Waals surface area contributed by atoms with Crippen LogP contribution in [0.2, 0.25) is 0 Å². The van der Waals surface area contributed by atoms with Crippen molar-refractivity contribution in [1.82, 2.24) is 25.4 Å². The van der Waals surface area contributed by atoms with E-state index >= 15 is 0 Å². The number of hydrogen-bond donors (Lipinski definition) is 2. The van der Waals surface area contributed by atoms with Crippen molar-refractivity contribution in [2.24, 2.45) is 0 Å². The molecule has 7 nitrogen and oxygen atoms in total. The van der Waals surface area contributed by atoms with Crippen LogP contribution in [-0.4, -0.2) is 58.8 Å². The van der Waals surface area contributed by atoms with Crippen LogP contribution in [0.4, 0.5) is 0 Å². The molecule has 1 aliphatic heterocycles. The summed E-state index contributed by atoms with van der Waals surface area (Å²) in [6.07, 6.45) is 1.66. The number of benzene rings is 1. The van der Waals surface area contributed by atoms with Gasteiger partial charge in [-0.05, 0) is 36.1 Å². The number of amides is 2.